The molecule has 1 heterocycles. The fourth-order valence-corrected chi connectivity index (χ4v) is 6.98. The first-order valence-corrected chi connectivity index (χ1v) is 12.9. The number of ether oxygens (including phenoxy) is 1. The van der Waals surface area contributed by atoms with E-state index in [1.807, 2.05) is 36.4 Å². The lowest BCUT2D eigenvalue weighted by molar-refractivity contribution is -0.123. The average molecular weight is 537 g/mol. The highest BCUT2D eigenvalue weighted by atomic mass is 35.5. The first kappa shape index (κ1) is 23.9. The maximum absolute atomic E-state index is 13.1. The van der Waals surface area contributed by atoms with Crippen molar-refractivity contribution in [3.63, 3.8) is 0 Å². The number of hydrogen-bond donors (Lipinski definition) is 1. The van der Waals surface area contributed by atoms with Gasteiger partial charge in [0.1, 0.15) is 0 Å². The van der Waals surface area contributed by atoms with Crippen LogP contribution in [0, 0.1) is 23.7 Å². The van der Waals surface area contributed by atoms with Gasteiger partial charge in [-0.3, -0.25) is 19.3 Å². The fraction of sp³-hybridized carbons (Fsp3) is 0.286. The molecule has 7 nitrogen and oxygen atoms in total. The average Bonchev–Trinajstić information content (AvgIpc) is 3.52. The number of benzene rings is 3. The van der Waals surface area contributed by atoms with Crippen molar-refractivity contribution in [3.05, 3.63) is 72.3 Å². The van der Waals surface area contributed by atoms with Crippen LogP contribution in [0.25, 0.3) is 10.8 Å². The summed E-state index contributed by atoms with van der Waals surface area (Å²) in [5.41, 5.74) is 1.21. The number of amides is 3. The van der Waals surface area contributed by atoms with Crippen LogP contribution in [-0.2, 0) is 19.1 Å². The van der Waals surface area contributed by atoms with Gasteiger partial charge in [-0.25, -0.2) is 4.79 Å². The molecular weight excluding hydrogens is 515 g/mol. The Labute approximate surface area is 222 Å². The van der Waals surface area contributed by atoms with Gasteiger partial charge < -0.3 is 10.1 Å². The molecule has 0 aromatic heterocycles. The molecule has 6 atom stereocenters. The van der Waals surface area contributed by atoms with E-state index in [4.69, 9.17) is 27.9 Å². The van der Waals surface area contributed by atoms with Crippen LogP contribution in [0.2, 0.25) is 0 Å². The van der Waals surface area contributed by atoms with Crippen LogP contribution in [0.1, 0.15) is 16.8 Å². The molecule has 3 fully saturated rings. The van der Waals surface area contributed by atoms with Crippen molar-refractivity contribution >= 4 is 69.0 Å². The first-order valence-electron chi connectivity index (χ1n) is 12.1. The van der Waals surface area contributed by atoms with E-state index >= 15 is 0 Å². The Morgan fingerprint density at radius 2 is 1.49 bits per heavy atom. The van der Waals surface area contributed by atoms with Gasteiger partial charge in [-0.1, -0.05) is 36.4 Å². The number of fused-ring (bicyclic) bond motifs is 6. The summed E-state index contributed by atoms with van der Waals surface area (Å²) in [6, 6.07) is 19.2. The van der Waals surface area contributed by atoms with Crippen LogP contribution in [0.15, 0.2) is 66.7 Å². The van der Waals surface area contributed by atoms with Gasteiger partial charge in [0.05, 0.1) is 33.8 Å². The van der Waals surface area contributed by atoms with Crippen LogP contribution in [0.4, 0.5) is 11.4 Å². The summed E-state index contributed by atoms with van der Waals surface area (Å²) >= 11 is 12.8. The van der Waals surface area contributed by atoms with Crippen molar-refractivity contribution < 1.29 is 23.9 Å². The Hall–Kier alpha value is -3.42. The number of nitrogens with one attached hydrogen (secondary N) is 1. The number of nitrogens with zero attached hydrogens (tertiary/aromatic N) is 1. The van der Waals surface area contributed by atoms with E-state index < -0.39 is 30.3 Å². The molecule has 2 saturated carbocycles. The molecule has 188 valence electrons. The summed E-state index contributed by atoms with van der Waals surface area (Å²) in [5, 5.41) is 3.99. The van der Waals surface area contributed by atoms with Crippen LogP contribution >= 0.6 is 23.2 Å². The highest BCUT2D eigenvalue weighted by molar-refractivity contribution is 6.32. The minimum absolute atomic E-state index is 0.102. The predicted octanol–water partition coefficient (Wildman–Crippen LogP) is 4.61. The van der Waals surface area contributed by atoms with Gasteiger partial charge in [0.25, 0.3) is 5.91 Å². The van der Waals surface area contributed by atoms with Gasteiger partial charge >= 0.3 is 5.97 Å². The topological polar surface area (TPSA) is 92.8 Å². The SMILES string of the molecule is O=C(COC(=O)c1ccc(N2C(=O)[C@@H]3[C@H]4C[C@@H]([C@@H](Cl)[C@H]4Cl)[C@H]3C2=O)cc1)Nc1cccc2ccccc12. The van der Waals surface area contributed by atoms with Gasteiger partial charge in [0.15, 0.2) is 6.61 Å². The molecule has 0 unspecified atom stereocenters. The zero-order valence-electron chi connectivity index (χ0n) is 19.5. The van der Waals surface area contributed by atoms with E-state index in [-0.39, 0.29) is 40.0 Å². The third kappa shape index (κ3) is 3.88. The van der Waals surface area contributed by atoms with Crippen molar-refractivity contribution in [1.29, 1.82) is 0 Å². The number of carbonyl (C=O) groups is 4. The molecule has 0 spiro atoms. The normalized spacial score (nSPS) is 28.0. The molecule has 1 saturated heterocycles. The highest BCUT2D eigenvalue weighted by Gasteiger charge is 2.66. The van der Waals surface area contributed by atoms with Crippen molar-refractivity contribution in [1.82, 2.24) is 0 Å². The molecule has 0 radical (unpaired) electrons. The molecule has 6 rings (SSSR count). The molecule has 9 heteroatoms. The molecule has 1 aliphatic heterocycles. The van der Waals surface area contributed by atoms with Gasteiger partial charge in [0.2, 0.25) is 11.8 Å². The maximum atomic E-state index is 13.1. The molecule has 37 heavy (non-hydrogen) atoms. The van der Waals surface area contributed by atoms with Crippen molar-refractivity contribution in [3.8, 4) is 0 Å². The number of rotatable bonds is 5. The van der Waals surface area contributed by atoms with Gasteiger partial charge in [-0.05, 0) is 54.0 Å². The summed E-state index contributed by atoms with van der Waals surface area (Å²) in [5.74, 6) is -2.78. The summed E-state index contributed by atoms with van der Waals surface area (Å²) in [4.78, 5) is 52.4. The number of halogens is 2. The molecule has 3 aliphatic rings. The Morgan fingerprint density at radius 3 is 2.16 bits per heavy atom. The second kappa shape index (κ2) is 9.15. The third-order valence-electron chi connectivity index (χ3n) is 7.75. The number of alkyl halides is 2. The largest absolute Gasteiger partial charge is 0.452 e. The van der Waals surface area contributed by atoms with E-state index in [0.29, 0.717) is 17.8 Å². The lowest BCUT2D eigenvalue weighted by atomic mass is 9.80. The van der Waals surface area contributed by atoms with Crippen molar-refractivity contribution in [2.45, 2.75) is 17.2 Å². The summed E-state index contributed by atoms with van der Waals surface area (Å²) in [6.07, 6.45) is 0.696. The molecule has 1 N–H and O–H groups in total. The van der Waals surface area contributed by atoms with Crippen LogP contribution in [-0.4, -0.2) is 41.1 Å². The Kier molecular flexibility index (Phi) is 5.92. The van der Waals surface area contributed by atoms with E-state index in [9.17, 15) is 19.2 Å². The zero-order valence-corrected chi connectivity index (χ0v) is 21.0. The van der Waals surface area contributed by atoms with Crippen LogP contribution < -0.4 is 10.2 Å². The van der Waals surface area contributed by atoms with E-state index in [2.05, 4.69) is 5.32 Å². The first-order chi connectivity index (χ1) is 17.8. The number of anilines is 2. The maximum Gasteiger partial charge on any atom is 0.338 e. The second-order valence-electron chi connectivity index (χ2n) is 9.71. The number of imide groups is 1. The van der Waals surface area contributed by atoms with Crippen LogP contribution in [0.5, 0.6) is 0 Å². The van der Waals surface area contributed by atoms with Crippen molar-refractivity contribution in [2.75, 3.05) is 16.8 Å². The van der Waals surface area contributed by atoms with Crippen molar-refractivity contribution in [2.24, 2.45) is 23.7 Å². The van der Waals surface area contributed by atoms with Gasteiger partial charge in [0, 0.05) is 11.1 Å². The Morgan fingerprint density at radius 1 is 0.865 bits per heavy atom. The van der Waals surface area contributed by atoms with E-state index in [1.54, 1.807) is 6.07 Å². The zero-order chi connectivity index (χ0) is 25.8. The fourth-order valence-electron chi connectivity index (χ4n) is 6.08. The number of esters is 1. The van der Waals surface area contributed by atoms with Gasteiger partial charge in [-0.15, -0.1) is 23.2 Å². The van der Waals surface area contributed by atoms with E-state index in [1.165, 1.54) is 29.2 Å². The number of carbonyl (C=O) groups excluding carboxylic acids is 4. The Balaban J connectivity index is 1.10. The quantitative estimate of drug-likeness (QED) is 0.292. The minimum Gasteiger partial charge on any atom is -0.452 e. The predicted molar refractivity (Wildman–Crippen MR) is 140 cm³/mol. The van der Waals surface area contributed by atoms with E-state index in [0.717, 1.165) is 10.8 Å². The summed E-state index contributed by atoms with van der Waals surface area (Å²) in [6.45, 7) is -0.460. The summed E-state index contributed by atoms with van der Waals surface area (Å²) in [7, 11) is 0. The summed E-state index contributed by atoms with van der Waals surface area (Å²) < 4.78 is 5.17. The van der Waals surface area contributed by atoms with Gasteiger partial charge in [-0.2, -0.15) is 0 Å². The highest BCUT2D eigenvalue weighted by Crippen LogP contribution is 2.59. The number of hydrogen-bond acceptors (Lipinski definition) is 5. The molecule has 3 aromatic rings. The van der Waals surface area contributed by atoms with Crippen LogP contribution in [0.3, 0.4) is 0 Å². The molecule has 2 bridgehead atoms. The smallest absolute Gasteiger partial charge is 0.338 e. The lowest BCUT2D eigenvalue weighted by Crippen LogP contribution is -2.37. The molecular formula is C28H22Cl2N2O5. The monoisotopic (exact) mass is 536 g/mol. The molecule has 3 aromatic carbocycles. The minimum atomic E-state index is -0.691. The molecule has 2 aliphatic carbocycles. The third-order valence-corrected chi connectivity index (χ3v) is 9.07. The standard InChI is InChI=1S/C28H22Cl2N2O5/c29-24-18-12-19(25(24)30)23-22(18)26(34)32(27(23)35)16-10-8-15(9-11-16)28(36)37-13-21(33)31-20-7-3-5-14-4-1-2-6-17(14)20/h1-11,18-19,22-25H,12-13H2,(H,31,33)/t18-,19-,22-,23-,24-,25+/m1/s1. The Bertz CT molecular complexity index is 1400. The second-order valence-corrected chi connectivity index (χ2v) is 10.7. The lowest BCUT2D eigenvalue weighted by Gasteiger charge is -2.28. The molecule has 3 amide bonds.